The molecule has 27 heavy (non-hydrogen) atoms. The van der Waals surface area contributed by atoms with Crippen molar-refractivity contribution in [3.05, 3.63) is 52.5 Å². The van der Waals surface area contributed by atoms with Crippen molar-refractivity contribution in [3.63, 3.8) is 0 Å². The number of amides is 2. The van der Waals surface area contributed by atoms with Crippen molar-refractivity contribution in [1.29, 1.82) is 0 Å². The van der Waals surface area contributed by atoms with Gasteiger partial charge in [0.05, 0.1) is 6.61 Å². The van der Waals surface area contributed by atoms with E-state index < -0.39 is 12.0 Å². The van der Waals surface area contributed by atoms with Crippen LogP contribution in [0.4, 0.5) is 0 Å². The van der Waals surface area contributed by atoms with Gasteiger partial charge in [0, 0.05) is 35.1 Å². The largest absolute Gasteiger partial charge is 0.463 e. The van der Waals surface area contributed by atoms with E-state index in [0.717, 1.165) is 10.0 Å². The summed E-state index contributed by atoms with van der Waals surface area (Å²) in [7, 11) is 0. The number of benzene rings is 1. The number of hydrogen-bond donors (Lipinski definition) is 2. The molecule has 0 bridgehead atoms. The maximum Gasteiger partial charge on any atom is 0.330 e. The highest BCUT2D eigenvalue weighted by Crippen LogP contribution is 2.17. The maximum atomic E-state index is 12.3. The van der Waals surface area contributed by atoms with Gasteiger partial charge in [0.2, 0.25) is 11.8 Å². The molecule has 2 atom stereocenters. The zero-order chi connectivity index (χ0) is 19.6. The van der Waals surface area contributed by atoms with E-state index in [4.69, 9.17) is 4.74 Å². The highest BCUT2D eigenvalue weighted by Gasteiger charge is 2.26. The monoisotopic (exact) mass is 434 g/mol. The van der Waals surface area contributed by atoms with E-state index in [1.54, 1.807) is 19.1 Å². The van der Waals surface area contributed by atoms with Crippen LogP contribution in [0.3, 0.4) is 0 Å². The Labute approximate surface area is 167 Å². The molecule has 2 rings (SSSR count). The quantitative estimate of drug-likeness (QED) is 0.486. The Hall–Kier alpha value is -2.41. The molecule has 0 radical (unpaired) electrons. The average molecular weight is 435 g/mol. The summed E-state index contributed by atoms with van der Waals surface area (Å²) in [6, 6.07) is 7.12. The summed E-state index contributed by atoms with van der Waals surface area (Å²) in [5, 5.41) is 5.61. The number of carbonyl (C=O) groups excluding carboxylic acids is 3. The number of ether oxygens (including phenoxy) is 1. The molecule has 2 amide bonds. The minimum absolute atomic E-state index is 0.0246. The van der Waals surface area contributed by atoms with Crippen molar-refractivity contribution in [2.45, 2.75) is 25.8 Å². The molecule has 6 nitrogen and oxygen atoms in total. The molecule has 2 N–H and O–H groups in total. The lowest BCUT2D eigenvalue weighted by Crippen LogP contribution is -2.35. The number of hydrogen-bond acceptors (Lipinski definition) is 4. The highest BCUT2D eigenvalue weighted by atomic mass is 79.9. The zero-order valence-corrected chi connectivity index (χ0v) is 16.7. The summed E-state index contributed by atoms with van der Waals surface area (Å²) in [5.74, 6) is -0.983. The first kappa shape index (κ1) is 20.9. The summed E-state index contributed by atoms with van der Waals surface area (Å²) in [4.78, 5) is 35.7. The number of rotatable bonds is 8. The number of carbonyl (C=O) groups is 3. The summed E-state index contributed by atoms with van der Waals surface area (Å²) in [5.41, 5.74) is 0.883. The van der Waals surface area contributed by atoms with Crippen LogP contribution in [0.25, 0.3) is 6.08 Å². The minimum Gasteiger partial charge on any atom is -0.463 e. The molecule has 0 spiro atoms. The van der Waals surface area contributed by atoms with Gasteiger partial charge in [-0.2, -0.15) is 0 Å². The van der Waals surface area contributed by atoms with Gasteiger partial charge in [-0.15, -0.1) is 0 Å². The molecule has 1 aromatic carbocycles. The van der Waals surface area contributed by atoms with Crippen molar-refractivity contribution in [1.82, 2.24) is 10.6 Å². The molecule has 1 aliphatic rings. The first-order valence-corrected chi connectivity index (χ1v) is 9.64. The van der Waals surface area contributed by atoms with Gasteiger partial charge in [0.25, 0.3) is 0 Å². The lowest BCUT2D eigenvalue weighted by molar-refractivity contribution is -0.137. The Morgan fingerprint density at radius 3 is 2.89 bits per heavy atom. The van der Waals surface area contributed by atoms with Gasteiger partial charge in [-0.25, -0.2) is 4.79 Å². The third kappa shape index (κ3) is 7.38. The van der Waals surface area contributed by atoms with Crippen LogP contribution in [0, 0.1) is 5.92 Å². The molecule has 7 heteroatoms. The third-order valence-electron chi connectivity index (χ3n) is 4.06. The molecule has 0 aliphatic carbocycles. The fourth-order valence-corrected chi connectivity index (χ4v) is 3.18. The van der Waals surface area contributed by atoms with E-state index >= 15 is 0 Å². The van der Waals surface area contributed by atoms with E-state index in [1.165, 1.54) is 12.2 Å². The molecule has 0 saturated carbocycles. The molecule has 0 unspecified atom stereocenters. The Morgan fingerprint density at radius 2 is 2.22 bits per heavy atom. The van der Waals surface area contributed by atoms with Gasteiger partial charge < -0.3 is 15.4 Å². The fraction of sp³-hybridized carbons (Fsp3) is 0.350. The molecule has 0 aromatic heterocycles. The van der Waals surface area contributed by atoms with E-state index in [9.17, 15) is 14.4 Å². The van der Waals surface area contributed by atoms with Gasteiger partial charge in [0.15, 0.2) is 0 Å². The van der Waals surface area contributed by atoms with Crippen molar-refractivity contribution in [3.8, 4) is 0 Å². The van der Waals surface area contributed by atoms with E-state index in [2.05, 4.69) is 26.6 Å². The van der Waals surface area contributed by atoms with E-state index in [-0.39, 0.29) is 24.3 Å². The maximum absolute atomic E-state index is 12.3. The number of halogens is 1. The summed E-state index contributed by atoms with van der Waals surface area (Å²) < 4.78 is 5.79. The fourth-order valence-electron chi connectivity index (χ4n) is 2.76. The van der Waals surface area contributed by atoms with Crippen molar-refractivity contribution in [2.75, 3.05) is 13.2 Å². The summed E-state index contributed by atoms with van der Waals surface area (Å²) >= 11 is 3.39. The second-order valence-electron chi connectivity index (χ2n) is 6.13. The van der Waals surface area contributed by atoms with Crippen LogP contribution >= 0.6 is 15.9 Å². The standard InChI is InChI=1S/C20H23BrN2O4/c1-2-27-19(25)9-7-17(13-15-10-11-22-20(15)26)23-18(24)8-6-14-4-3-5-16(21)12-14/h3-9,12,15,17H,2,10-11,13H2,1H3,(H,22,26)(H,23,24)/b8-6+,9-7+/t15-,17+/m0/s1. The van der Waals surface area contributed by atoms with Gasteiger partial charge in [0.1, 0.15) is 0 Å². The topological polar surface area (TPSA) is 84.5 Å². The molecular weight excluding hydrogens is 412 g/mol. The van der Waals surface area contributed by atoms with Crippen molar-refractivity contribution < 1.29 is 19.1 Å². The molecular formula is C20H23BrN2O4. The zero-order valence-electron chi connectivity index (χ0n) is 15.1. The Balaban J connectivity index is 2.01. The molecule has 1 aromatic rings. The average Bonchev–Trinajstić information content (AvgIpc) is 3.03. The first-order valence-electron chi connectivity index (χ1n) is 8.84. The predicted octanol–water partition coefficient (Wildman–Crippen LogP) is 2.59. The van der Waals surface area contributed by atoms with Crippen LogP contribution in [0.2, 0.25) is 0 Å². The Kier molecular flexibility index (Phi) is 8.26. The normalized spacial score (nSPS) is 17.9. The lowest BCUT2D eigenvalue weighted by atomic mass is 9.98. The number of nitrogens with one attached hydrogen (secondary N) is 2. The predicted molar refractivity (Wildman–Crippen MR) is 107 cm³/mol. The lowest BCUT2D eigenvalue weighted by Gasteiger charge is -2.17. The highest BCUT2D eigenvalue weighted by molar-refractivity contribution is 9.10. The van der Waals surface area contributed by atoms with Crippen molar-refractivity contribution in [2.24, 2.45) is 5.92 Å². The Morgan fingerprint density at radius 1 is 1.41 bits per heavy atom. The van der Waals surface area contributed by atoms with Crippen molar-refractivity contribution >= 4 is 39.8 Å². The van der Waals surface area contributed by atoms with Gasteiger partial charge >= 0.3 is 5.97 Å². The first-order chi connectivity index (χ1) is 13.0. The second kappa shape index (κ2) is 10.7. The Bertz CT molecular complexity index is 745. The third-order valence-corrected chi connectivity index (χ3v) is 4.55. The van der Waals surface area contributed by atoms with E-state index in [0.29, 0.717) is 19.4 Å². The SMILES string of the molecule is CCOC(=O)/C=C/[C@H](C[C@@H]1CCNC1=O)NC(=O)/C=C/c1cccc(Br)c1. The molecule has 1 saturated heterocycles. The van der Waals surface area contributed by atoms with Crippen LogP contribution in [0.1, 0.15) is 25.3 Å². The minimum atomic E-state index is -0.475. The summed E-state index contributed by atoms with van der Waals surface area (Å²) in [6.07, 6.45) is 7.15. The van der Waals surface area contributed by atoms with Gasteiger partial charge in [-0.1, -0.05) is 34.1 Å². The molecule has 1 aliphatic heterocycles. The van der Waals surface area contributed by atoms with Crippen LogP contribution < -0.4 is 10.6 Å². The second-order valence-corrected chi connectivity index (χ2v) is 7.04. The smallest absolute Gasteiger partial charge is 0.330 e. The van der Waals surface area contributed by atoms with E-state index in [1.807, 2.05) is 24.3 Å². The van der Waals surface area contributed by atoms with Crippen LogP contribution in [-0.2, 0) is 19.1 Å². The van der Waals surface area contributed by atoms with Crippen LogP contribution in [-0.4, -0.2) is 37.0 Å². The van der Waals surface area contributed by atoms with Gasteiger partial charge in [-0.3, -0.25) is 9.59 Å². The molecule has 1 fully saturated rings. The summed E-state index contributed by atoms with van der Waals surface area (Å²) in [6.45, 7) is 2.63. The number of esters is 1. The van der Waals surface area contributed by atoms with Crippen LogP contribution in [0.5, 0.6) is 0 Å². The molecule has 144 valence electrons. The van der Waals surface area contributed by atoms with Gasteiger partial charge in [-0.05, 0) is 43.5 Å². The molecule has 1 heterocycles. The van der Waals surface area contributed by atoms with Crippen LogP contribution in [0.15, 0.2) is 47.0 Å².